The van der Waals surface area contributed by atoms with Gasteiger partial charge in [-0.3, -0.25) is 9.59 Å². The van der Waals surface area contributed by atoms with Crippen LogP contribution in [0.1, 0.15) is 30.3 Å². The van der Waals surface area contributed by atoms with Gasteiger partial charge in [0.2, 0.25) is 5.91 Å². The first-order valence-electron chi connectivity index (χ1n) is 9.37. The lowest BCUT2D eigenvalue weighted by Gasteiger charge is -2.18. The van der Waals surface area contributed by atoms with Crippen LogP contribution in [-0.2, 0) is 20.7 Å². The van der Waals surface area contributed by atoms with Crippen LogP contribution in [0.5, 0.6) is 0 Å². The number of amides is 1. The van der Waals surface area contributed by atoms with Gasteiger partial charge in [0.1, 0.15) is 11.6 Å². The van der Waals surface area contributed by atoms with Crippen LogP contribution in [0.2, 0.25) is 0 Å². The Morgan fingerprint density at radius 2 is 2.03 bits per heavy atom. The van der Waals surface area contributed by atoms with Crippen molar-refractivity contribution in [3.8, 4) is 11.3 Å². The van der Waals surface area contributed by atoms with Crippen LogP contribution in [0.25, 0.3) is 11.3 Å². The molecule has 0 bridgehead atoms. The molecule has 1 amide bonds. The summed E-state index contributed by atoms with van der Waals surface area (Å²) < 4.78 is 38.0. The predicted molar refractivity (Wildman–Crippen MR) is 112 cm³/mol. The minimum Gasteiger partial charge on any atom is -0.469 e. The fraction of sp³-hybridized carbons (Fsp3) is 0.227. The van der Waals surface area contributed by atoms with Gasteiger partial charge in [-0.1, -0.05) is 28.1 Å². The van der Waals surface area contributed by atoms with Crippen molar-refractivity contribution in [2.45, 2.75) is 25.3 Å². The van der Waals surface area contributed by atoms with Crippen molar-refractivity contribution in [2.75, 3.05) is 7.11 Å². The number of hydrogen-bond donors (Lipinski definition) is 1. The number of halogens is 3. The van der Waals surface area contributed by atoms with Crippen LogP contribution in [0.15, 0.2) is 57.6 Å². The van der Waals surface area contributed by atoms with Gasteiger partial charge in [-0.15, -0.1) is 0 Å². The van der Waals surface area contributed by atoms with Gasteiger partial charge >= 0.3 is 5.97 Å². The van der Waals surface area contributed by atoms with Gasteiger partial charge < -0.3 is 14.5 Å². The summed E-state index contributed by atoms with van der Waals surface area (Å²) in [5, 5.41) is 2.82. The van der Waals surface area contributed by atoms with E-state index >= 15 is 0 Å². The maximum Gasteiger partial charge on any atom is 0.307 e. The van der Waals surface area contributed by atoms with E-state index in [-0.39, 0.29) is 42.4 Å². The second-order valence-corrected chi connectivity index (χ2v) is 7.61. The van der Waals surface area contributed by atoms with Crippen LogP contribution in [0.4, 0.5) is 8.78 Å². The normalized spacial score (nSPS) is 11.7. The number of nitrogens with zero attached hydrogens (tertiary/aromatic N) is 1. The average Bonchev–Trinajstić information content (AvgIpc) is 3.20. The molecule has 0 aliphatic rings. The van der Waals surface area contributed by atoms with E-state index in [1.165, 1.54) is 19.4 Å². The molecule has 1 heterocycles. The third-order valence-corrected chi connectivity index (χ3v) is 4.99. The monoisotopic (exact) mass is 492 g/mol. The molecule has 162 valence electrons. The molecule has 0 aliphatic carbocycles. The molecule has 2 aromatic carbocycles. The van der Waals surface area contributed by atoms with E-state index in [9.17, 15) is 18.4 Å². The van der Waals surface area contributed by atoms with Crippen molar-refractivity contribution in [3.63, 3.8) is 0 Å². The highest BCUT2D eigenvalue weighted by Crippen LogP contribution is 2.25. The molecule has 0 radical (unpaired) electrons. The number of ether oxygens (including phenoxy) is 1. The Morgan fingerprint density at radius 3 is 2.74 bits per heavy atom. The molecule has 1 N–H and O–H groups in total. The topological polar surface area (TPSA) is 81.4 Å². The van der Waals surface area contributed by atoms with E-state index in [0.29, 0.717) is 0 Å². The first-order chi connectivity index (χ1) is 14.9. The Labute approximate surface area is 185 Å². The Morgan fingerprint density at radius 1 is 1.23 bits per heavy atom. The minimum absolute atomic E-state index is 0.0221. The van der Waals surface area contributed by atoms with Gasteiger partial charge in [0.05, 0.1) is 31.3 Å². The lowest BCUT2D eigenvalue weighted by molar-refractivity contribution is -0.141. The third kappa shape index (κ3) is 6.21. The van der Waals surface area contributed by atoms with Crippen molar-refractivity contribution in [1.82, 2.24) is 10.3 Å². The van der Waals surface area contributed by atoms with Gasteiger partial charge in [-0.25, -0.2) is 13.8 Å². The SMILES string of the molecule is COC(=O)CC(NC(=O)CCc1ncc(-c2ccc(F)cc2F)o1)c1cccc(Br)c1. The summed E-state index contributed by atoms with van der Waals surface area (Å²) in [6, 6.07) is 9.83. The van der Waals surface area contributed by atoms with Crippen molar-refractivity contribution >= 4 is 27.8 Å². The molecule has 0 saturated carbocycles. The summed E-state index contributed by atoms with van der Waals surface area (Å²) in [5.74, 6) is -1.85. The molecule has 3 rings (SSSR count). The number of carbonyl (C=O) groups excluding carboxylic acids is 2. The molecule has 3 aromatic rings. The molecule has 0 aliphatic heterocycles. The van der Waals surface area contributed by atoms with Gasteiger partial charge in [0.25, 0.3) is 0 Å². The van der Waals surface area contributed by atoms with Gasteiger partial charge in [-0.2, -0.15) is 0 Å². The van der Waals surface area contributed by atoms with Gasteiger partial charge in [0.15, 0.2) is 11.7 Å². The van der Waals surface area contributed by atoms with E-state index in [4.69, 9.17) is 9.15 Å². The minimum atomic E-state index is -0.764. The highest BCUT2D eigenvalue weighted by molar-refractivity contribution is 9.10. The summed E-state index contributed by atoms with van der Waals surface area (Å²) in [6.07, 6.45) is 1.51. The van der Waals surface area contributed by atoms with Crippen molar-refractivity contribution in [2.24, 2.45) is 0 Å². The molecular formula is C22H19BrF2N2O4. The molecule has 9 heteroatoms. The summed E-state index contributed by atoms with van der Waals surface area (Å²) in [5.41, 5.74) is 0.829. The lowest BCUT2D eigenvalue weighted by Crippen LogP contribution is -2.30. The van der Waals surface area contributed by atoms with Crippen molar-refractivity contribution in [1.29, 1.82) is 0 Å². The number of oxazole rings is 1. The predicted octanol–water partition coefficient (Wildman–Crippen LogP) is 4.74. The molecule has 0 fully saturated rings. The molecule has 1 atom stereocenters. The van der Waals surface area contributed by atoms with Gasteiger partial charge in [0, 0.05) is 23.4 Å². The lowest BCUT2D eigenvalue weighted by atomic mass is 10.0. The smallest absolute Gasteiger partial charge is 0.307 e. The fourth-order valence-electron chi connectivity index (χ4n) is 2.95. The molecule has 31 heavy (non-hydrogen) atoms. The number of hydrogen-bond acceptors (Lipinski definition) is 5. The molecule has 6 nitrogen and oxygen atoms in total. The summed E-state index contributed by atoms with van der Waals surface area (Å²) in [4.78, 5) is 28.3. The second-order valence-electron chi connectivity index (χ2n) is 6.70. The first-order valence-corrected chi connectivity index (χ1v) is 10.2. The number of esters is 1. The zero-order chi connectivity index (χ0) is 22.4. The average molecular weight is 493 g/mol. The molecule has 0 spiro atoms. The zero-order valence-electron chi connectivity index (χ0n) is 16.5. The number of rotatable bonds is 8. The highest BCUT2D eigenvalue weighted by Gasteiger charge is 2.20. The number of aromatic nitrogens is 1. The largest absolute Gasteiger partial charge is 0.469 e. The number of nitrogens with one attached hydrogen (secondary N) is 1. The summed E-state index contributed by atoms with van der Waals surface area (Å²) >= 11 is 3.37. The fourth-order valence-corrected chi connectivity index (χ4v) is 3.37. The zero-order valence-corrected chi connectivity index (χ0v) is 18.1. The van der Waals surface area contributed by atoms with E-state index in [1.54, 1.807) is 12.1 Å². The third-order valence-electron chi connectivity index (χ3n) is 4.50. The van der Waals surface area contributed by atoms with E-state index in [0.717, 1.165) is 22.2 Å². The molecular weight excluding hydrogens is 474 g/mol. The van der Waals surface area contributed by atoms with Crippen molar-refractivity contribution < 1.29 is 27.5 Å². The second kappa shape index (κ2) is 10.3. The molecule has 0 saturated heterocycles. The highest BCUT2D eigenvalue weighted by atomic mass is 79.9. The van der Waals surface area contributed by atoms with Crippen LogP contribution in [-0.4, -0.2) is 24.0 Å². The van der Waals surface area contributed by atoms with E-state index in [1.807, 2.05) is 12.1 Å². The Kier molecular flexibility index (Phi) is 7.51. The standard InChI is InChI=1S/C22H19BrF2N2O4/c1-30-22(29)11-18(13-3-2-4-14(23)9-13)27-20(28)7-8-21-26-12-19(31-21)16-6-5-15(24)10-17(16)25/h2-6,9-10,12,18H,7-8,11H2,1H3,(H,27,28). The number of methoxy groups -OCH3 is 1. The van der Waals surface area contributed by atoms with Crippen LogP contribution >= 0.6 is 15.9 Å². The maximum absolute atomic E-state index is 13.9. The Bertz CT molecular complexity index is 1090. The van der Waals surface area contributed by atoms with E-state index in [2.05, 4.69) is 26.2 Å². The Balaban J connectivity index is 1.64. The summed E-state index contributed by atoms with van der Waals surface area (Å²) in [6.45, 7) is 0. The Hall–Kier alpha value is -3.07. The first kappa shape index (κ1) is 22.6. The maximum atomic E-state index is 13.9. The van der Waals surface area contributed by atoms with Gasteiger partial charge in [-0.05, 0) is 29.8 Å². The summed E-state index contributed by atoms with van der Waals surface area (Å²) in [7, 11) is 1.28. The molecule has 1 unspecified atom stereocenters. The molecule has 1 aromatic heterocycles. The quantitative estimate of drug-likeness (QED) is 0.459. The number of carbonyl (C=O) groups is 2. The van der Waals surface area contributed by atoms with Crippen LogP contribution in [0.3, 0.4) is 0 Å². The number of aryl methyl sites for hydroxylation is 1. The van der Waals surface area contributed by atoms with Crippen molar-refractivity contribution in [3.05, 3.63) is 76.2 Å². The van der Waals surface area contributed by atoms with Crippen LogP contribution < -0.4 is 5.32 Å². The number of benzene rings is 2. The van der Waals surface area contributed by atoms with E-state index < -0.39 is 23.6 Å². The van der Waals surface area contributed by atoms with Crippen LogP contribution in [0, 0.1) is 11.6 Å².